The van der Waals surface area contributed by atoms with Gasteiger partial charge in [-0.15, -0.1) is 11.3 Å². The molecule has 0 bridgehead atoms. The molecule has 0 aliphatic carbocycles. The largest absolute Gasteiger partial charge is 0.310 e. The van der Waals surface area contributed by atoms with Gasteiger partial charge < -0.3 is 4.90 Å². The highest BCUT2D eigenvalue weighted by atomic mass is 32.1. The molecular formula is C52H35NS. The molecule has 1 nitrogen and oxygen atoms in total. The molecule has 9 aromatic carbocycles. The zero-order valence-corrected chi connectivity index (χ0v) is 30.4. The molecule has 0 saturated carbocycles. The lowest BCUT2D eigenvalue weighted by atomic mass is 9.97. The minimum absolute atomic E-state index is 1.10. The van der Waals surface area contributed by atoms with Gasteiger partial charge in [-0.3, -0.25) is 0 Å². The van der Waals surface area contributed by atoms with Crippen LogP contribution in [-0.4, -0.2) is 0 Å². The Morgan fingerprint density at radius 1 is 0.315 bits per heavy atom. The van der Waals surface area contributed by atoms with E-state index in [-0.39, 0.29) is 0 Å². The van der Waals surface area contributed by atoms with Crippen LogP contribution in [0.5, 0.6) is 0 Å². The SMILES string of the molecule is c1ccc(-c2cccc(-c3ccc(N(c4ccc(-c5cccc6c5sc5ccccc56)cc4)c4ccccc4-c4ccc5ccccc5c4)cc3)c2)cc1. The maximum absolute atomic E-state index is 2.40. The van der Waals surface area contributed by atoms with Gasteiger partial charge in [0.1, 0.15) is 0 Å². The van der Waals surface area contributed by atoms with Gasteiger partial charge in [0.25, 0.3) is 0 Å². The van der Waals surface area contributed by atoms with Crippen LogP contribution in [0.25, 0.3) is 75.5 Å². The van der Waals surface area contributed by atoms with Crippen molar-refractivity contribution in [2.24, 2.45) is 0 Å². The molecule has 0 N–H and O–H groups in total. The van der Waals surface area contributed by atoms with Gasteiger partial charge in [0.15, 0.2) is 0 Å². The van der Waals surface area contributed by atoms with Crippen LogP contribution in [0.1, 0.15) is 0 Å². The van der Waals surface area contributed by atoms with Gasteiger partial charge in [0.2, 0.25) is 0 Å². The van der Waals surface area contributed by atoms with Gasteiger partial charge >= 0.3 is 0 Å². The van der Waals surface area contributed by atoms with Crippen LogP contribution >= 0.6 is 11.3 Å². The van der Waals surface area contributed by atoms with E-state index in [1.165, 1.54) is 75.5 Å². The van der Waals surface area contributed by atoms with E-state index in [0.717, 1.165) is 17.1 Å². The quantitative estimate of drug-likeness (QED) is 0.160. The van der Waals surface area contributed by atoms with E-state index in [1.807, 2.05) is 11.3 Å². The zero-order valence-electron chi connectivity index (χ0n) is 29.6. The summed E-state index contributed by atoms with van der Waals surface area (Å²) in [6.07, 6.45) is 0. The smallest absolute Gasteiger partial charge is 0.0540 e. The number of rotatable bonds is 7. The topological polar surface area (TPSA) is 3.24 Å². The monoisotopic (exact) mass is 705 g/mol. The summed E-state index contributed by atoms with van der Waals surface area (Å²) in [5.41, 5.74) is 13.0. The number of fused-ring (bicyclic) bond motifs is 4. The molecule has 1 heterocycles. The third-order valence-corrected chi connectivity index (χ3v) is 11.7. The molecule has 54 heavy (non-hydrogen) atoms. The van der Waals surface area contributed by atoms with Crippen LogP contribution < -0.4 is 4.90 Å². The first-order chi connectivity index (χ1) is 26.8. The summed E-state index contributed by atoms with van der Waals surface area (Å²) in [7, 11) is 0. The number of thiophene rings is 1. The second kappa shape index (κ2) is 13.7. The summed E-state index contributed by atoms with van der Waals surface area (Å²) < 4.78 is 2.65. The highest BCUT2D eigenvalue weighted by molar-refractivity contribution is 7.26. The van der Waals surface area contributed by atoms with Crippen molar-refractivity contribution in [1.82, 2.24) is 0 Å². The Balaban J connectivity index is 1.08. The van der Waals surface area contributed by atoms with E-state index in [9.17, 15) is 0 Å². The summed E-state index contributed by atoms with van der Waals surface area (Å²) in [6, 6.07) is 77.1. The van der Waals surface area contributed by atoms with E-state index in [0.29, 0.717) is 0 Å². The number of benzene rings is 9. The van der Waals surface area contributed by atoms with Crippen LogP contribution in [0.3, 0.4) is 0 Å². The van der Waals surface area contributed by atoms with Crippen molar-refractivity contribution in [3.63, 3.8) is 0 Å². The minimum Gasteiger partial charge on any atom is -0.310 e. The number of nitrogens with zero attached hydrogens (tertiary/aromatic N) is 1. The van der Waals surface area contributed by atoms with Gasteiger partial charge in [0, 0.05) is 37.1 Å². The first-order valence-electron chi connectivity index (χ1n) is 18.4. The molecule has 254 valence electrons. The van der Waals surface area contributed by atoms with Gasteiger partial charge in [-0.05, 0) is 98.2 Å². The van der Waals surface area contributed by atoms with Crippen LogP contribution in [0.15, 0.2) is 212 Å². The van der Waals surface area contributed by atoms with E-state index in [2.05, 4.69) is 217 Å². The number of hydrogen-bond acceptors (Lipinski definition) is 2. The molecule has 0 saturated heterocycles. The van der Waals surface area contributed by atoms with E-state index in [4.69, 9.17) is 0 Å². The van der Waals surface area contributed by atoms with Crippen molar-refractivity contribution in [2.45, 2.75) is 0 Å². The molecule has 0 aliphatic heterocycles. The highest BCUT2D eigenvalue weighted by Crippen LogP contribution is 2.44. The zero-order chi connectivity index (χ0) is 35.8. The first-order valence-corrected chi connectivity index (χ1v) is 19.2. The van der Waals surface area contributed by atoms with E-state index >= 15 is 0 Å². The summed E-state index contributed by atoms with van der Waals surface area (Å²) in [4.78, 5) is 2.40. The van der Waals surface area contributed by atoms with Gasteiger partial charge in [-0.25, -0.2) is 0 Å². The van der Waals surface area contributed by atoms with Gasteiger partial charge in [-0.1, -0.05) is 164 Å². The van der Waals surface area contributed by atoms with Crippen molar-refractivity contribution in [2.75, 3.05) is 4.90 Å². The highest BCUT2D eigenvalue weighted by Gasteiger charge is 2.18. The minimum atomic E-state index is 1.10. The molecule has 2 heteroatoms. The number of para-hydroxylation sites is 1. The van der Waals surface area contributed by atoms with E-state index < -0.39 is 0 Å². The molecule has 10 rings (SSSR count). The lowest BCUT2D eigenvalue weighted by Gasteiger charge is -2.28. The van der Waals surface area contributed by atoms with Crippen molar-refractivity contribution in [3.8, 4) is 44.5 Å². The Morgan fingerprint density at radius 3 is 1.67 bits per heavy atom. The normalized spacial score (nSPS) is 11.3. The second-order valence-corrected chi connectivity index (χ2v) is 14.8. The first kappa shape index (κ1) is 32.0. The predicted octanol–water partition coefficient (Wildman–Crippen LogP) is 15.3. The van der Waals surface area contributed by atoms with Crippen LogP contribution in [0.4, 0.5) is 17.1 Å². The van der Waals surface area contributed by atoms with Crippen molar-refractivity contribution in [1.29, 1.82) is 0 Å². The average Bonchev–Trinajstić information content (AvgIpc) is 3.64. The van der Waals surface area contributed by atoms with Crippen LogP contribution in [0, 0.1) is 0 Å². The van der Waals surface area contributed by atoms with Gasteiger partial charge in [0.05, 0.1) is 5.69 Å². The third-order valence-electron chi connectivity index (χ3n) is 10.5. The van der Waals surface area contributed by atoms with Gasteiger partial charge in [-0.2, -0.15) is 0 Å². The Labute approximate surface area is 319 Å². The summed E-state index contributed by atoms with van der Waals surface area (Å²) in [5, 5.41) is 5.12. The summed E-state index contributed by atoms with van der Waals surface area (Å²) in [5.74, 6) is 0. The molecule has 0 spiro atoms. The Bertz CT molecular complexity index is 2920. The number of hydrogen-bond donors (Lipinski definition) is 0. The summed E-state index contributed by atoms with van der Waals surface area (Å²) >= 11 is 1.88. The van der Waals surface area contributed by atoms with Crippen LogP contribution in [0.2, 0.25) is 0 Å². The molecule has 0 fully saturated rings. The average molecular weight is 706 g/mol. The maximum Gasteiger partial charge on any atom is 0.0540 e. The standard InChI is InChI=1S/C52H35NS/c1-2-12-36(13-3-1)41-16-10-17-42(34-41)38-26-30-44(31-27-38)53(50-22-8-6-18-46(50)43-25-24-37-14-4-5-15-40(37)35-43)45-32-28-39(29-33-45)47-20-11-21-49-48-19-7-9-23-51(48)54-52(47)49/h1-35H. The Morgan fingerprint density at radius 2 is 0.870 bits per heavy atom. The molecule has 0 unspecified atom stereocenters. The molecule has 1 aromatic heterocycles. The fraction of sp³-hybridized carbons (Fsp3) is 0. The predicted molar refractivity (Wildman–Crippen MR) is 233 cm³/mol. The fourth-order valence-corrected chi connectivity index (χ4v) is 9.01. The third kappa shape index (κ3) is 5.84. The lowest BCUT2D eigenvalue weighted by molar-refractivity contribution is 1.28. The molecule has 0 amide bonds. The van der Waals surface area contributed by atoms with Crippen LogP contribution in [-0.2, 0) is 0 Å². The lowest BCUT2D eigenvalue weighted by Crippen LogP contribution is -2.11. The maximum atomic E-state index is 2.40. The molecule has 0 atom stereocenters. The molecule has 10 aromatic rings. The Hall–Kier alpha value is -6.74. The van der Waals surface area contributed by atoms with E-state index in [1.54, 1.807) is 0 Å². The molecular weight excluding hydrogens is 671 g/mol. The molecule has 0 aliphatic rings. The number of anilines is 3. The second-order valence-electron chi connectivity index (χ2n) is 13.7. The van der Waals surface area contributed by atoms with Crippen molar-refractivity contribution < 1.29 is 0 Å². The summed E-state index contributed by atoms with van der Waals surface area (Å²) in [6.45, 7) is 0. The van der Waals surface area contributed by atoms with Crippen molar-refractivity contribution >= 4 is 59.3 Å². The van der Waals surface area contributed by atoms with Crippen molar-refractivity contribution in [3.05, 3.63) is 212 Å². The Kier molecular flexibility index (Phi) is 8.09. The molecule has 0 radical (unpaired) electrons. The fourth-order valence-electron chi connectivity index (χ4n) is 7.77.